The molecule has 0 fully saturated rings. The van der Waals surface area contributed by atoms with E-state index >= 15 is 0 Å². The number of ether oxygens (including phenoxy) is 1. The molecule has 0 amide bonds. The minimum Gasteiger partial charge on any atom is -0.384 e. The third kappa shape index (κ3) is 4.47. The Morgan fingerprint density at radius 1 is 1.25 bits per heavy atom. The van der Waals surface area contributed by atoms with Crippen molar-refractivity contribution in [3.05, 3.63) is 59.7 Å². The smallest absolute Gasteiger partial charge is 0.123 e. The third-order valence-corrected chi connectivity index (χ3v) is 3.28. The van der Waals surface area contributed by atoms with Gasteiger partial charge in [0, 0.05) is 26.3 Å². The Bertz CT molecular complexity index is 525. The number of halogens is 1. The van der Waals surface area contributed by atoms with Gasteiger partial charge in [-0.2, -0.15) is 0 Å². The molecule has 1 aromatic carbocycles. The number of quaternary nitrogens is 1. The Hall–Kier alpha value is -1.65. The van der Waals surface area contributed by atoms with E-state index in [9.17, 15) is 4.39 Å². The summed E-state index contributed by atoms with van der Waals surface area (Å²) in [7, 11) is 1.73. The summed E-state index contributed by atoms with van der Waals surface area (Å²) in [6.45, 7) is 3.51. The average molecular weight is 277 g/mol. The van der Waals surface area contributed by atoms with Gasteiger partial charge in [-0.15, -0.1) is 0 Å². The summed E-state index contributed by atoms with van der Waals surface area (Å²) in [5.74, 6) is -0.178. The van der Waals surface area contributed by atoms with Crippen molar-refractivity contribution in [2.45, 2.75) is 19.5 Å². The van der Waals surface area contributed by atoms with Crippen molar-refractivity contribution < 1.29 is 14.4 Å². The molecule has 20 heavy (non-hydrogen) atoms. The van der Waals surface area contributed by atoms with Crippen molar-refractivity contribution in [2.24, 2.45) is 0 Å². The van der Waals surface area contributed by atoms with Gasteiger partial charge in [-0.1, -0.05) is 12.1 Å². The molecule has 2 N–H and O–H groups in total. The fourth-order valence-electron chi connectivity index (χ4n) is 2.24. The lowest BCUT2D eigenvalue weighted by Crippen LogP contribution is -2.82. The summed E-state index contributed by atoms with van der Waals surface area (Å²) in [5, 5.41) is 2.27. The molecule has 108 valence electrons. The lowest BCUT2D eigenvalue weighted by atomic mass is 10.2. The van der Waals surface area contributed by atoms with E-state index in [1.165, 1.54) is 11.8 Å². The number of hydrogen-bond donors (Lipinski definition) is 1. The molecule has 0 bridgehead atoms. The van der Waals surface area contributed by atoms with E-state index < -0.39 is 0 Å². The van der Waals surface area contributed by atoms with Crippen molar-refractivity contribution in [1.29, 1.82) is 0 Å². The van der Waals surface area contributed by atoms with E-state index in [0.29, 0.717) is 6.54 Å². The number of methoxy groups -OCH3 is 1. The maximum absolute atomic E-state index is 13.2. The van der Waals surface area contributed by atoms with Crippen molar-refractivity contribution in [3.63, 3.8) is 0 Å². The average Bonchev–Trinajstić information content (AvgIpc) is 2.86. The van der Waals surface area contributed by atoms with Crippen LogP contribution in [0.4, 0.5) is 4.39 Å². The summed E-state index contributed by atoms with van der Waals surface area (Å²) in [6, 6.07) is 10.9. The van der Waals surface area contributed by atoms with E-state index in [0.717, 1.165) is 31.7 Å². The van der Waals surface area contributed by atoms with Gasteiger partial charge in [-0.05, 0) is 29.8 Å². The highest BCUT2D eigenvalue weighted by Crippen LogP contribution is 2.08. The van der Waals surface area contributed by atoms with E-state index in [-0.39, 0.29) is 5.82 Å². The van der Waals surface area contributed by atoms with Crippen LogP contribution in [0.15, 0.2) is 42.6 Å². The van der Waals surface area contributed by atoms with Crippen LogP contribution in [0.3, 0.4) is 0 Å². The molecule has 0 aliphatic heterocycles. The molecule has 2 rings (SSSR count). The summed E-state index contributed by atoms with van der Waals surface area (Å²) in [4.78, 5) is 0. The topological polar surface area (TPSA) is 30.8 Å². The second kappa shape index (κ2) is 7.82. The maximum Gasteiger partial charge on any atom is 0.123 e. The van der Waals surface area contributed by atoms with Gasteiger partial charge in [0.2, 0.25) is 0 Å². The van der Waals surface area contributed by atoms with Gasteiger partial charge in [0.1, 0.15) is 12.4 Å². The highest BCUT2D eigenvalue weighted by molar-refractivity contribution is 5.18. The number of nitrogens with zero attached hydrogens (tertiary/aromatic N) is 1. The highest BCUT2D eigenvalue weighted by Gasteiger charge is 2.04. The maximum atomic E-state index is 13.2. The van der Waals surface area contributed by atoms with Crippen LogP contribution in [0, 0.1) is 5.82 Å². The molecule has 1 aromatic heterocycles. The Balaban J connectivity index is 1.88. The number of benzene rings is 1. The second-order valence-corrected chi connectivity index (χ2v) is 4.89. The van der Waals surface area contributed by atoms with E-state index in [2.05, 4.69) is 16.0 Å². The van der Waals surface area contributed by atoms with E-state index in [1.807, 2.05) is 18.3 Å². The lowest BCUT2D eigenvalue weighted by Gasteiger charge is -2.09. The van der Waals surface area contributed by atoms with Crippen molar-refractivity contribution >= 4 is 0 Å². The van der Waals surface area contributed by atoms with Crippen LogP contribution in [0.25, 0.3) is 0 Å². The number of aromatic nitrogens is 1. The standard InChI is InChI=1S/C16H21FN2O/c1-20-10-4-8-18-12-16-7-3-9-19(16)13-14-5-2-6-15(17)11-14/h2-3,5-7,9,11,18H,4,8,10,12-13H2,1H3/p+1. The molecule has 0 saturated heterocycles. The summed E-state index contributed by atoms with van der Waals surface area (Å²) < 4.78 is 20.4. The molecule has 3 nitrogen and oxygen atoms in total. The Labute approximate surface area is 119 Å². The van der Waals surface area contributed by atoms with Gasteiger partial charge in [0.25, 0.3) is 0 Å². The molecule has 0 aliphatic carbocycles. The monoisotopic (exact) mass is 277 g/mol. The first-order chi connectivity index (χ1) is 9.79. The summed E-state index contributed by atoms with van der Waals surface area (Å²) >= 11 is 0. The molecule has 0 radical (unpaired) electrons. The minimum atomic E-state index is -0.178. The van der Waals surface area contributed by atoms with Crippen LogP contribution in [0.1, 0.15) is 17.7 Å². The van der Waals surface area contributed by atoms with Gasteiger partial charge < -0.3 is 14.6 Å². The van der Waals surface area contributed by atoms with Crippen LogP contribution >= 0.6 is 0 Å². The zero-order valence-electron chi connectivity index (χ0n) is 11.9. The van der Waals surface area contributed by atoms with Gasteiger partial charge in [-0.3, -0.25) is 0 Å². The molecule has 2 aromatic rings. The predicted molar refractivity (Wildman–Crippen MR) is 76.9 cm³/mol. The zero-order chi connectivity index (χ0) is 14.2. The third-order valence-electron chi connectivity index (χ3n) is 3.28. The van der Waals surface area contributed by atoms with Crippen LogP contribution < -0.4 is 5.32 Å². The van der Waals surface area contributed by atoms with Crippen LogP contribution in [0.2, 0.25) is 0 Å². The predicted octanol–water partition coefficient (Wildman–Crippen LogP) is 1.78. The minimum absolute atomic E-state index is 0.178. The van der Waals surface area contributed by atoms with Gasteiger partial charge >= 0.3 is 0 Å². The highest BCUT2D eigenvalue weighted by atomic mass is 19.1. The quantitative estimate of drug-likeness (QED) is 0.733. The lowest BCUT2D eigenvalue weighted by molar-refractivity contribution is -0.671. The van der Waals surface area contributed by atoms with Gasteiger partial charge in [0.05, 0.1) is 18.8 Å². The molecule has 0 unspecified atom stereocenters. The first-order valence-corrected chi connectivity index (χ1v) is 6.98. The number of nitrogens with two attached hydrogens (primary N) is 1. The Kier molecular flexibility index (Phi) is 5.77. The van der Waals surface area contributed by atoms with Crippen LogP contribution in [0.5, 0.6) is 0 Å². The molecule has 1 heterocycles. The molecule has 0 aliphatic rings. The molecular weight excluding hydrogens is 255 g/mol. The van der Waals surface area contributed by atoms with Crippen molar-refractivity contribution in [2.75, 3.05) is 20.3 Å². The molecule has 0 spiro atoms. The second-order valence-electron chi connectivity index (χ2n) is 4.89. The Morgan fingerprint density at radius 3 is 2.95 bits per heavy atom. The van der Waals surface area contributed by atoms with Gasteiger partial charge in [-0.25, -0.2) is 4.39 Å². The fourth-order valence-corrected chi connectivity index (χ4v) is 2.24. The van der Waals surface area contributed by atoms with Crippen molar-refractivity contribution in [3.8, 4) is 0 Å². The molecule has 0 saturated carbocycles. The summed E-state index contributed by atoms with van der Waals surface area (Å²) in [5.41, 5.74) is 2.24. The van der Waals surface area contributed by atoms with Gasteiger partial charge in [0.15, 0.2) is 0 Å². The first-order valence-electron chi connectivity index (χ1n) is 6.98. The molecular formula is C16H22FN2O+. The SMILES string of the molecule is COCCC[NH2+]Cc1cccn1Cc1cccc(F)c1. The number of hydrogen-bond acceptors (Lipinski definition) is 1. The zero-order valence-corrected chi connectivity index (χ0v) is 11.9. The largest absolute Gasteiger partial charge is 0.384 e. The van der Waals surface area contributed by atoms with Crippen LogP contribution in [-0.4, -0.2) is 24.8 Å². The van der Waals surface area contributed by atoms with Crippen molar-refractivity contribution in [1.82, 2.24) is 4.57 Å². The number of rotatable bonds is 8. The van der Waals surface area contributed by atoms with E-state index in [1.54, 1.807) is 19.2 Å². The summed E-state index contributed by atoms with van der Waals surface area (Å²) in [6.07, 6.45) is 3.10. The molecule has 4 heteroatoms. The van der Waals surface area contributed by atoms with Crippen LogP contribution in [-0.2, 0) is 17.8 Å². The van der Waals surface area contributed by atoms with E-state index in [4.69, 9.17) is 4.74 Å². The fraction of sp³-hybridized carbons (Fsp3) is 0.375. The molecule has 0 atom stereocenters. The normalized spacial score (nSPS) is 10.9. The first kappa shape index (κ1) is 14.8. The Morgan fingerprint density at radius 2 is 2.15 bits per heavy atom.